The first-order valence-corrected chi connectivity index (χ1v) is 11.3. The van der Waals surface area contributed by atoms with Crippen molar-refractivity contribution in [3.8, 4) is 0 Å². The molecule has 164 valence electrons. The minimum atomic E-state index is -0.375. The first-order chi connectivity index (χ1) is 13.8. The van der Waals surface area contributed by atoms with E-state index in [4.69, 9.17) is 4.74 Å². The van der Waals surface area contributed by atoms with Crippen LogP contribution in [-0.4, -0.2) is 68.0 Å². The zero-order chi connectivity index (χ0) is 19.2. The largest absolute Gasteiger partial charge is 0.387 e. The third-order valence-corrected chi connectivity index (χ3v) is 7.03. The maximum atomic E-state index is 10.5. The minimum Gasteiger partial charge on any atom is -0.387 e. The van der Waals surface area contributed by atoms with E-state index in [9.17, 15) is 5.11 Å². The van der Waals surface area contributed by atoms with Crippen molar-refractivity contribution >= 4 is 12.4 Å². The molecular weight excluding hydrogens is 386 g/mol. The second-order valence-corrected chi connectivity index (χ2v) is 8.92. The number of hydrogen-bond acceptors (Lipinski definition) is 5. The Labute approximate surface area is 182 Å². The number of aliphatic hydroxyl groups excluding tert-OH is 1. The van der Waals surface area contributed by atoms with Crippen molar-refractivity contribution in [3.05, 3.63) is 35.9 Å². The smallest absolute Gasteiger partial charge is 0.0916 e. The van der Waals surface area contributed by atoms with E-state index in [1.54, 1.807) is 0 Å². The average Bonchev–Trinajstić information content (AvgIpc) is 3.23. The number of ether oxygens (including phenoxy) is 1. The van der Waals surface area contributed by atoms with Gasteiger partial charge in [-0.25, -0.2) is 0 Å². The Kier molecular flexibility index (Phi) is 9.22. The predicted molar refractivity (Wildman–Crippen MR) is 120 cm³/mol. The SMILES string of the molecule is Cl.OC(CN1CCC(CNC2CCCC2C2COCCN2)CC1)c1ccccc1. The highest BCUT2D eigenvalue weighted by atomic mass is 35.5. The maximum Gasteiger partial charge on any atom is 0.0916 e. The van der Waals surface area contributed by atoms with E-state index in [2.05, 4.69) is 15.5 Å². The van der Waals surface area contributed by atoms with Crippen LogP contribution in [0.1, 0.15) is 43.8 Å². The monoisotopic (exact) mass is 423 g/mol. The summed E-state index contributed by atoms with van der Waals surface area (Å²) in [6, 6.07) is 11.2. The topological polar surface area (TPSA) is 56.8 Å². The van der Waals surface area contributed by atoms with E-state index < -0.39 is 0 Å². The van der Waals surface area contributed by atoms with E-state index in [1.165, 1.54) is 32.1 Å². The fraction of sp³-hybridized carbons (Fsp3) is 0.739. The highest BCUT2D eigenvalue weighted by Crippen LogP contribution is 2.30. The predicted octanol–water partition coefficient (Wildman–Crippen LogP) is 2.60. The highest BCUT2D eigenvalue weighted by Gasteiger charge is 2.35. The van der Waals surface area contributed by atoms with Gasteiger partial charge in [0.05, 0.1) is 19.3 Å². The van der Waals surface area contributed by atoms with Crippen LogP contribution in [0.3, 0.4) is 0 Å². The Bertz CT molecular complexity index is 577. The summed E-state index contributed by atoms with van der Waals surface area (Å²) in [5.41, 5.74) is 1.03. The van der Waals surface area contributed by atoms with Crippen LogP contribution in [0.15, 0.2) is 30.3 Å². The number of likely N-dealkylation sites (tertiary alicyclic amines) is 1. The summed E-state index contributed by atoms with van der Waals surface area (Å²) in [4.78, 5) is 2.43. The summed E-state index contributed by atoms with van der Waals surface area (Å²) < 4.78 is 5.70. The second kappa shape index (κ2) is 11.6. The summed E-state index contributed by atoms with van der Waals surface area (Å²) >= 11 is 0. The molecule has 4 rings (SSSR count). The van der Waals surface area contributed by atoms with Crippen molar-refractivity contribution in [2.24, 2.45) is 11.8 Å². The summed E-state index contributed by atoms with van der Waals surface area (Å²) in [6.07, 6.45) is 6.07. The number of rotatable bonds is 7. The number of benzene rings is 1. The van der Waals surface area contributed by atoms with Crippen molar-refractivity contribution < 1.29 is 9.84 Å². The lowest BCUT2D eigenvalue weighted by molar-refractivity contribution is 0.0515. The molecule has 2 aliphatic heterocycles. The molecule has 0 aromatic heterocycles. The first-order valence-electron chi connectivity index (χ1n) is 11.3. The molecule has 2 saturated heterocycles. The van der Waals surface area contributed by atoms with Gasteiger partial charge in [0.15, 0.2) is 0 Å². The quantitative estimate of drug-likeness (QED) is 0.629. The molecule has 3 fully saturated rings. The van der Waals surface area contributed by atoms with Gasteiger partial charge in [-0.1, -0.05) is 36.8 Å². The van der Waals surface area contributed by atoms with E-state index in [0.29, 0.717) is 12.1 Å². The third kappa shape index (κ3) is 6.39. The molecule has 1 aromatic rings. The van der Waals surface area contributed by atoms with Gasteiger partial charge >= 0.3 is 0 Å². The van der Waals surface area contributed by atoms with Gasteiger partial charge in [0.1, 0.15) is 0 Å². The Morgan fingerprint density at radius 3 is 2.66 bits per heavy atom. The number of morpholine rings is 1. The molecule has 0 bridgehead atoms. The molecule has 3 aliphatic rings. The van der Waals surface area contributed by atoms with E-state index in [0.717, 1.165) is 63.3 Å². The fourth-order valence-electron chi connectivity index (χ4n) is 5.30. The van der Waals surface area contributed by atoms with Crippen LogP contribution in [0.2, 0.25) is 0 Å². The van der Waals surface area contributed by atoms with Gasteiger partial charge in [-0.3, -0.25) is 0 Å². The van der Waals surface area contributed by atoms with E-state index in [-0.39, 0.29) is 18.5 Å². The summed E-state index contributed by atoms with van der Waals surface area (Å²) in [7, 11) is 0. The maximum absolute atomic E-state index is 10.5. The Hall–Kier alpha value is -0.690. The van der Waals surface area contributed by atoms with Crippen molar-refractivity contribution in [2.45, 2.75) is 50.3 Å². The lowest BCUT2D eigenvalue weighted by Crippen LogP contribution is -2.51. The molecular formula is C23H38ClN3O2. The molecule has 4 atom stereocenters. The number of piperidine rings is 1. The van der Waals surface area contributed by atoms with Gasteiger partial charge < -0.3 is 25.4 Å². The van der Waals surface area contributed by atoms with Gasteiger partial charge in [0.25, 0.3) is 0 Å². The number of hydrogen-bond donors (Lipinski definition) is 3. The Morgan fingerprint density at radius 1 is 1.14 bits per heavy atom. The average molecular weight is 424 g/mol. The highest BCUT2D eigenvalue weighted by molar-refractivity contribution is 5.85. The molecule has 0 amide bonds. The van der Waals surface area contributed by atoms with Gasteiger partial charge in [-0.2, -0.15) is 0 Å². The van der Waals surface area contributed by atoms with Crippen molar-refractivity contribution in [1.82, 2.24) is 15.5 Å². The molecule has 4 unspecified atom stereocenters. The van der Waals surface area contributed by atoms with Crippen LogP contribution in [0.4, 0.5) is 0 Å². The summed E-state index contributed by atoms with van der Waals surface area (Å²) in [5.74, 6) is 1.49. The number of nitrogens with zero attached hydrogens (tertiary/aromatic N) is 1. The second-order valence-electron chi connectivity index (χ2n) is 8.92. The van der Waals surface area contributed by atoms with Crippen LogP contribution >= 0.6 is 12.4 Å². The Balaban J connectivity index is 0.00000240. The Morgan fingerprint density at radius 2 is 1.93 bits per heavy atom. The molecule has 1 aliphatic carbocycles. The van der Waals surface area contributed by atoms with Crippen LogP contribution in [0.5, 0.6) is 0 Å². The van der Waals surface area contributed by atoms with Gasteiger partial charge in [0.2, 0.25) is 0 Å². The van der Waals surface area contributed by atoms with Gasteiger partial charge in [-0.15, -0.1) is 12.4 Å². The van der Waals surface area contributed by atoms with Crippen LogP contribution in [0, 0.1) is 11.8 Å². The normalized spacial score (nSPS) is 30.0. The number of aliphatic hydroxyl groups is 1. The molecule has 3 N–H and O–H groups in total. The lowest BCUT2D eigenvalue weighted by atomic mass is 9.92. The van der Waals surface area contributed by atoms with Crippen LogP contribution in [0.25, 0.3) is 0 Å². The zero-order valence-corrected chi connectivity index (χ0v) is 18.3. The molecule has 6 heteroatoms. The summed E-state index contributed by atoms with van der Waals surface area (Å²) in [6.45, 7) is 6.84. The third-order valence-electron chi connectivity index (χ3n) is 7.03. The van der Waals surface area contributed by atoms with Gasteiger partial charge in [-0.05, 0) is 62.7 Å². The molecule has 2 heterocycles. The van der Waals surface area contributed by atoms with E-state index >= 15 is 0 Å². The number of β-amino-alcohol motifs (C(OH)–C–C–N with tert-alkyl or cyclic N) is 1. The molecule has 0 spiro atoms. The summed E-state index contributed by atoms with van der Waals surface area (Å²) in [5, 5.41) is 18.1. The van der Waals surface area contributed by atoms with Crippen molar-refractivity contribution in [1.29, 1.82) is 0 Å². The van der Waals surface area contributed by atoms with E-state index in [1.807, 2.05) is 30.3 Å². The van der Waals surface area contributed by atoms with Crippen LogP contribution < -0.4 is 10.6 Å². The molecule has 1 saturated carbocycles. The molecule has 0 radical (unpaired) electrons. The zero-order valence-electron chi connectivity index (χ0n) is 17.5. The van der Waals surface area contributed by atoms with Crippen molar-refractivity contribution in [3.63, 3.8) is 0 Å². The number of halogens is 1. The minimum absolute atomic E-state index is 0. The molecule has 29 heavy (non-hydrogen) atoms. The number of nitrogens with one attached hydrogen (secondary N) is 2. The molecule has 1 aromatic carbocycles. The lowest BCUT2D eigenvalue weighted by Gasteiger charge is -2.36. The van der Waals surface area contributed by atoms with Crippen LogP contribution in [-0.2, 0) is 4.74 Å². The standard InChI is InChI=1S/C23H37N3O2.ClH/c27-23(19-5-2-1-3-6-19)16-26-12-9-18(10-13-26)15-25-21-8-4-7-20(21)22-17-28-14-11-24-22;/h1-3,5-6,18,20-25,27H,4,7-17H2;1H. The van der Waals surface area contributed by atoms with Crippen molar-refractivity contribution in [2.75, 3.05) is 45.9 Å². The van der Waals surface area contributed by atoms with Gasteiger partial charge in [0, 0.05) is 25.2 Å². The fourth-order valence-corrected chi connectivity index (χ4v) is 5.30. The molecule has 5 nitrogen and oxygen atoms in total. The first kappa shape index (κ1) is 23.0.